The highest BCUT2D eigenvalue weighted by Crippen LogP contribution is 2.33. The van der Waals surface area contributed by atoms with Crippen LogP contribution in [-0.2, 0) is 11.4 Å². The van der Waals surface area contributed by atoms with Crippen molar-refractivity contribution in [1.82, 2.24) is 15.0 Å². The lowest BCUT2D eigenvalue weighted by molar-refractivity contribution is 0.181. The van der Waals surface area contributed by atoms with Crippen LogP contribution in [0.5, 0.6) is 0 Å². The van der Waals surface area contributed by atoms with Gasteiger partial charge in [-0.3, -0.25) is 0 Å². The summed E-state index contributed by atoms with van der Waals surface area (Å²) >= 11 is 1.41. The Morgan fingerprint density at radius 2 is 2.23 bits per heavy atom. The fraction of sp³-hybridized carbons (Fsp3) is 0.176. The molecule has 0 aliphatic carbocycles. The number of hydrogen-bond acceptors (Lipinski definition) is 7. The van der Waals surface area contributed by atoms with Crippen molar-refractivity contribution in [2.45, 2.75) is 6.67 Å². The van der Waals surface area contributed by atoms with E-state index in [4.69, 9.17) is 4.74 Å². The summed E-state index contributed by atoms with van der Waals surface area (Å²) in [4.78, 5) is 26.6. The lowest BCUT2D eigenvalue weighted by atomic mass is 10.2. The van der Waals surface area contributed by atoms with Crippen LogP contribution in [0.15, 0.2) is 42.7 Å². The molecule has 9 heteroatoms. The molecule has 3 heterocycles. The monoisotopic (exact) mass is 371 g/mol. The fourth-order valence-electron chi connectivity index (χ4n) is 2.50. The molecule has 26 heavy (non-hydrogen) atoms. The van der Waals surface area contributed by atoms with E-state index in [0.29, 0.717) is 29.9 Å². The predicted octanol–water partition coefficient (Wildman–Crippen LogP) is 3.77. The van der Waals surface area contributed by atoms with Gasteiger partial charge in [0.2, 0.25) is 5.95 Å². The average molecular weight is 371 g/mol. The van der Waals surface area contributed by atoms with E-state index in [9.17, 15) is 9.18 Å². The Balaban J connectivity index is 1.56. The number of halogens is 1. The third-order valence-electron chi connectivity index (χ3n) is 3.74. The minimum atomic E-state index is -0.639. The van der Waals surface area contributed by atoms with Gasteiger partial charge in [-0.1, -0.05) is 23.5 Å². The molecule has 4 rings (SSSR count). The number of cyclic esters (lactones) is 1. The summed E-state index contributed by atoms with van der Waals surface area (Å²) in [6.45, 7) is 0.251. The van der Waals surface area contributed by atoms with Gasteiger partial charge in [0, 0.05) is 18.1 Å². The second-order valence-corrected chi connectivity index (χ2v) is 6.49. The second-order valence-electron chi connectivity index (χ2n) is 5.48. The number of carbonyl (C=O) groups is 1. The zero-order valence-corrected chi connectivity index (χ0v) is 14.4. The molecule has 1 fully saturated rings. The Hall–Kier alpha value is -3.07. The number of ether oxygens (including phenoxy) is 1. The maximum absolute atomic E-state index is 12.7. The van der Waals surface area contributed by atoms with E-state index in [-0.39, 0.29) is 6.09 Å². The van der Waals surface area contributed by atoms with Gasteiger partial charge in [0.1, 0.15) is 13.3 Å². The number of rotatable bonds is 5. The summed E-state index contributed by atoms with van der Waals surface area (Å²) in [5.41, 5.74) is 2.03. The van der Waals surface area contributed by atoms with E-state index in [2.05, 4.69) is 20.3 Å². The standard InChI is InChI=1S/C17H14FN5O2S/c18-9-13-4-5-19-15(22-13)21-12-3-1-2-11(8-12)14-10-20-16(26-14)23-6-7-25-17(23)24/h1-5,8,10H,6-7,9H2,(H,19,21,22). The van der Waals surface area contributed by atoms with Crippen LogP contribution >= 0.6 is 11.3 Å². The number of nitrogens with zero attached hydrogens (tertiary/aromatic N) is 4. The molecule has 0 radical (unpaired) electrons. The number of hydrogen-bond donors (Lipinski definition) is 1. The molecular formula is C17H14FN5O2S. The smallest absolute Gasteiger partial charge is 0.416 e. The number of thiazole rings is 1. The number of nitrogens with one attached hydrogen (secondary N) is 1. The molecule has 1 aliphatic heterocycles. The van der Waals surface area contributed by atoms with Gasteiger partial charge in [-0.25, -0.2) is 29.0 Å². The highest BCUT2D eigenvalue weighted by Gasteiger charge is 2.26. The normalized spacial score (nSPS) is 13.7. The van der Waals surface area contributed by atoms with Gasteiger partial charge in [-0.15, -0.1) is 0 Å². The predicted molar refractivity (Wildman–Crippen MR) is 96.4 cm³/mol. The highest BCUT2D eigenvalue weighted by atomic mass is 32.1. The first-order chi connectivity index (χ1) is 12.7. The molecule has 3 aromatic rings. The van der Waals surface area contributed by atoms with E-state index >= 15 is 0 Å². The summed E-state index contributed by atoms with van der Waals surface area (Å²) in [5, 5.41) is 3.68. The maximum Gasteiger partial charge on any atom is 0.416 e. The average Bonchev–Trinajstić information content (AvgIpc) is 3.31. The van der Waals surface area contributed by atoms with Crippen molar-refractivity contribution in [3.05, 3.63) is 48.4 Å². The molecule has 1 aliphatic rings. The lowest BCUT2D eigenvalue weighted by Gasteiger charge is -2.07. The van der Waals surface area contributed by atoms with Gasteiger partial charge < -0.3 is 10.1 Å². The van der Waals surface area contributed by atoms with Gasteiger partial charge in [-0.2, -0.15) is 0 Å². The van der Waals surface area contributed by atoms with Gasteiger partial charge in [-0.05, 0) is 23.8 Å². The van der Waals surface area contributed by atoms with E-state index in [1.165, 1.54) is 28.5 Å². The second kappa shape index (κ2) is 7.04. The van der Waals surface area contributed by atoms with Gasteiger partial charge in [0.05, 0.1) is 17.1 Å². The molecule has 0 saturated carbocycles. The third kappa shape index (κ3) is 3.33. The van der Waals surface area contributed by atoms with E-state index in [0.717, 1.165) is 16.1 Å². The van der Waals surface area contributed by atoms with Crippen LogP contribution in [0.3, 0.4) is 0 Å². The van der Waals surface area contributed by atoms with Gasteiger partial charge >= 0.3 is 6.09 Å². The summed E-state index contributed by atoms with van der Waals surface area (Å²) in [5.74, 6) is 0.335. The first kappa shape index (κ1) is 16.4. The molecule has 0 unspecified atom stereocenters. The van der Waals surface area contributed by atoms with Crippen molar-refractivity contribution >= 4 is 34.2 Å². The van der Waals surface area contributed by atoms with E-state index in [1.54, 1.807) is 6.20 Å². The molecule has 132 valence electrons. The number of aromatic nitrogens is 3. The molecule has 2 aromatic heterocycles. The molecular weight excluding hydrogens is 357 g/mol. The zero-order chi connectivity index (χ0) is 17.9. The summed E-state index contributed by atoms with van der Waals surface area (Å²) in [7, 11) is 0. The van der Waals surface area contributed by atoms with Crippen molar-refractivity contribution < 1.29 is 13.9 Å². The third-order valence-corrected chi connectivity index (χ3v) is 4.81. The topological polar surface area (TPSA) is 80.2 Å². The quantitative estimate of drug-likeness (QED) is 0.735. The maximum atomic E-state index is 12.7. The molecule has 0 spiro atoms. The van der Waals surface area contributed by atoms with Crippen molar-refractivity contribution in [1.29, 1.82) is 0 Å². The number of anilines is 3. The number of alkyl halides is 1. The van der Waals surface area contributed by atoms with E-state index in [1.807, 2.05) is 24.3 Å². The number of amides is 1. The SMILES string of the molecule is O=C1OCCN1c1ncc(-c2cccc(Nc3nccc(CF)n3)c2)s1. The van der Waals surface area contributed by atoms with Crippen LogP contribution in [0.25, 0.3) is 10.4 Å². The first-order valence-corrected chi connectivity index (χ1v) is 8.70. The Labute approximate surface area is 152 Å². The van der Waals surface area contributed by atoms with Crippen molar-refractivity contribution in [2.24, 2.45) is 0 Å². The molecule has 1 N–H and O–H groups in total. The first-order valence-electron chi connectivity index (χ1n) is 7.88. The van der Waals surface area contributed by atoms with Crippen molar-refractivity contribution in [2.75, 3.05) is 23.4 Å². The molecule has 1 amide bonds. The molecule has 0 bridgehead atoms. The minimum absolute atomic E-state index is 0.322. The lowest BCUT2D eigenvalue weighted by Crippen LogP contribution is -2.22. The molecule has 0 atom stereocenters. The van der Waals surface area contributed by atoms with Crippen molar-refractivity contribution in [3.63, 3.8) is 0 Å². The van der Waals surface area contributed by atoms with Crippen LogP contribution in [0.1, 0.15) is 5.69 Å². The molecule has 1 aromatic carbocycles. The Kier molecular flexibility index (Phi) is 4.44. The Morgan fingerprint density at radius 1 is 1.31 bits per heavy atom. The molecule has 7 nitrogen and oxygen atoms in total. The van der Waals surface area contributed by atoms with Crippen LogP contribution in [0.4, 0.5) is 26.0 Å². The highest BCUT2D eigenvalue weighted by molar-refractivity contribution is 7.19. The van der Waals surface area contributed by atoms with Crippen LogP contribution < -0.4 is 10.2 Å². The van der Waals surface area contributed by atoms with Gasteiger partial charge in [0.15, 0.2) is 5.13 Å². The van der Waals surface area contributed by atoms with Crippen molar-refractivity contribution in [3.8, 4) is 10.4 Å². The zero-order valence-electron chi connectivity index (χ0n) is 13.6. The van der Waals surface area contributed by atoms with Gasteiger partial charge in [0.25, 0.3) is 0 Å². The largest absolute Gasteiger partial charge is 0.447 e. The Bertz CT molecular complexity index is 948. The molecule has 1 saturated heterocycles. The fourth-order valence-corrected chi connectivity index (χ4v) is 3.43. The number of carbonyl (C=O) groups excluding carboxylic acids is 1. The van der Waals surface area contributed by atoms with E-state index < -0.39 is 6.67 Å². The van der Waals surface area contributed by atoms with Crippen LogP contribution in [-0.4, -0.2) is 34.2 Å². The van der Waals surface area contributed by atoms with Crippen LogP contribution in [0, 0.1) is 0 Å². The minimum Gasteiger partial charge on any atom is -0.447 e. The summed E-state index contributed by atoms with van der Waals surface area (Å²) in [6.07, 6.45) is 2.87. The van der Waals surface area contributed by atoms with Crippen LogP contribution in [0.2, 0.25) is 0 Å². The Morgan fingerprint density at radius 3 is 3.04 bits per heavy atom. The number of benzene rings is 1. The summed E-state index contributed by atoms with van der Waals surface area (Å²) < 4.78 is 17.7. The summed E-state index contributed by atoms with van der Waals surface area (Å²) in [6, 6.07) is 9.16.